The first-order valence-corrected chi connectivity index (χ1v) is 6.63. The van der Waals surface area contributed by atoms with E-state index in [0.717, 1.165) is 45.8 Å². The molecule has 0 aromatic heterocycles. The Labute approximate surface area is 104 Å². The predicted octanol–water partition coefficient (Wildman–Crippen LogP) is -0.508. The number of nitrogens with one attached hydrogen (secondary N) is 1. The second-order valence-electron chi connectivity index (χ2n) is 5.58. The van der Waals surface area contributed by atoms with Crippen LogP contribution < -0.4 is 11.2 Å². The van der Waals surface area contributed by atoms with Crippen LogP contribution in [0.25, 0.3) is 0 Å². The maximum absolute atomic E-state index is 5.98. The number of hydrogen-bond donors (Lipinski definition) is 2. The van der Waals surface area contributed by atoms with Crippen LogP contribution in [0.3, 0.4) is 0 Å². The molecule has 0 aliphatic carbocycles. The van der Waals surface area contributed by atoms with Gasteiger partial charge in [0.25, 0.3) is 0 Å². The third-order valence-electron chi connectivity index (χ3n) is 4.17. The summed E-state index contributed by atoms with van der Waals surface area (Å²) in [6.07, 6.45) is 1.12. The van der Waals surface area contributed by atoms with E-state index in [2.05, 4.69) is 29.3 Å². The van der Waals surface area contributed by atoms with Crippen molar-refractivity contribution in [1.82, 2.24) is 15.3 Å². The van der Waals surface area contributed by atoms with Crippen molar-refractivity contribution in [2.75, 3.05) is 53.0 Å². The molecule has 5 heteroatoms. The molecule has 0 aromatic rings. The number of nitrogens with zero attached hydrogens (tertiary/aromatic N) is 2. The molecule has 100 valence electrons. The van der Waals surface area contributed by atoms with E-state index in [-0.39, 0.29) is 5.54 Å². The van der Waals surface area contributed by atoms with Gasteiger partial charge in [0.2, 0.25) is 0 Å². The van der Waals surface area contributed by atoms with Crippen LogP contribution in [-0.4, -0.2) is 68.4 Å². The number of likely N-dealkylation sites (N-methyl/N-ethyl adjacent to an activating group) is 1. The van der Waals surface area contributed by atoms with E-state index in [1.165, 1.54) is 0 Å². The van der Waals surface area contributed by atoms with Gasteiger partial charge in [0, 0.05) is 50.8 Å². The van der Waals surface area contributed by atoms with Crippen LogP contribution in [0, 0.1) is 5.92 Å². The molecule has 2 saturated heterocycles. The molecule has 2 unspecified atom stereocenters. The van der Waals surface area contributed by atoms with Gasteiger partial charge in [-0.2, -0.15) is 0 Å². The molecule has 2 fully saturated rings. The minimum atomic E-state index is -0.0214. The molecule has 5 nitrogen and oxygen atoms in total. The molecular weight excluding hydrogens is 216 g/mol. The Bertz CT molecular complexity index is 237. The zero-order chi connectivity index (χ0) is 12.3. The summed E-state index contributed by atoms with van der Waals surface area (Å²) in [7, 11) is 2.17. The molecule has 2 aliphatic heterocycles. The van der Waals surface area contributed by atoms with Crippen molar-refractivity contribution in [1.29, 1.82) is 0 Å². The molecule has 3 N–H and O–H groups in total. The highest BCUT2D eigenvalue weighted by Gasteiger charge is 2.37. The minimum absolute atomic E-state index is 0.0214. The SMILES string of the molecule is CN1CCN(NC(C)(CN)C2CCOC2)CC1. The zero-order valence-corrected chi connectivity index (χ0v) is 11.1. The summed E-state index contributed by atoms with van der Waals surface area (Å²) in [5.74, 6) is 0.534. The lowest BCUT2D eigenvalue weighted by Crippen LogP contribution is -2.63. The maximum atomic E-state index is 5.98. The summed E-state index contributed by atoms with van der Waals surface area (Å²) < 4.78 is 5.49. The summed E-state index contributed by atoms with van der Waals surface area (Å²) in [6.45, 7) is 8.99. The highest BCUT2D eigenvalue weighted by atomic mass is 16.5. The standard InChI is InChI=1S/C12H26N4O/c1-12(10-13,11-3-8-17-9-11)14-16-6-4-15(2)5-7-16/h11,14H,3-10,13H2,1-2H3. The highest BCUT2D eigenvalue weighted by Crippen LogP contribution is 2.25. The van der Waals surface area contributed by atoms with Crippen molar-refractivity contribution in [3.8, 4) is 0 Å². The Morgan fingerprint density at radius 2 is 2.06 bits per heavy atom. The molecule has 2 atom stereocenters. The number of ether oxygens (including phenoxy) is 1. The normalized spacial score (nSPS) is 31.6. The van der Waals surface area contributed by atoms with Gasteiger partial charge in [-0.25, -0.2) is 10.4 Å². The zero-order valence-electron chi connectivity index (χ0n) is 11.1. The van der Waals surface area contributed by atoms with Crippen LogP contribution >= 0.6 is 0 Å². The van der Waals surface area contributed by atoms with E-state index in [1.54, 1.807) is 0 Å². The summed E-state index contributed by atoms with van der Waals surface area (Å²) in [4.78, 5) is 2.36. The van der Waals surface area contributed by atoms with Gasteiger partial charge in [0.15, 0.2) is 0 Å². The van der Waals surface area contributed by atoms with Crippen molar-refractivity contribution in [3.05, 3.63) is 0 Å². The fourth-order valence-corrected chi connectivity index (χ4v) is 2.62. The second-order valence-corrected chi connectivity index (χ2v) is 5.58. The smallest absolute Gasteiger partial charge is 0.0513 e. The topological polar surface area (TPSA) is 53.8 Å². The highest BCUT2D eigenvalue weighted by molar-refractivity contribution is 4.93. The van der Waals surface area contributed by atoms with Crippen LogP contribution in [0.4, 0.5) is 0 Å². The average Bonchev–Trinajstić information content (AvgIpc) is 2.86. The molecule has 0 amide bonds. The molecule has 2 heterocycles. The first kappa shape index (κ1) is 13.2. The van der Waals surface area contributed by atoms with E-state index in [0.29, 0.717) is 12.5 Å². The molecule has 0 spiro atoms. The molecule has 0 radical (unpaired) electrons. The van der Waals surface area contributed by atoms with Crippen molar-refractivity contribution >= 4 is 0 Å². The number of rotatable bonds is 4. The van der Waals surface area contributed by atoms with Gasteiger partial charge in [-0.1, -0.05) is 0 Å². The van der Waals surface area contributed by atoms with Crippen LogP contribution in [0.1, 0.15) is 13.3 Å². The number of hydrazine groups is 1. The quantitative estimate of drug-likeness (QED) is 0.695. The summed E-state index contributed by atoms with van der Waals surface area (Å²) in [5, 5.41) is 2.32. The Balaban J connectivity index is 1.89. The van der Waals surface area contributed by atoms with Crippen molar-refractivity contribution in [2.24, 2.45) is 11.7 Å². The van der Waals surface area contributed by atoms with Crippen LogP contribution in [-0.2, 0) is 4.74 Å². The summed E-state index contributed by atoms with van der Waals surface area (Å²) >= 11 is 0. The fourth-order valence-electron chi connectivity index (χ4n) is 2.62. The molecular formula is C12H26N4O. The van der Waals surface area contributed by atoms with Gasteiger partial charge < -0.3 is 15.4 Å². The monoisotopic (exact) mass is 242 g/mol. The van der Waals surface area contributed by atoms with E-state index >= 15 is 0 Å². The Kier molecular flexibility index (Phi) is 4.38. The lowest BCUT2D eigenvalue weighted by atomic mass is 9.85. The average molecular weight is 242 g/mol. The molecule has 2 aliphatic rings. The number of nitrogens with two attached hydrogens (primary N) is 1. The molecule has 2 rings (SSSR count). The first-order chi connectivity index (χ1) is 8.14. The van der Waals surface area contributed by atoms with Gasteiger partial charge >= 0.3 is 0 Å². The van der Waals surface area contributed by atoms with Gasteiger partial charge in [-0.3, -0.25) is 0 Å². The molecule has 17 heavy (non-hydrogen) atoms. The van der Waals surface area contributed by atoms with E-state index in [1.807, 2.05) is 0 Å². The third kappa shape index (κ3) is 3.17. The number of piperazine rings is 1. The van der Waals surface area contributed by atoms with E-state index in [9.17, 15) is 0 Å². The third-order valence-corrected chi connectivity index (χ3v) is 4.17. The van der Waals surface area contributed by atoms with Crippen LogP contribution in [0.2, 0.25) is 0 Å². The summed E-state index contributed by atoms with van der Waals surface area (Å²) in [6, 6.07) is 0. The van der Waals surface area contributed by atoms with E-state index in [4.69, 9.17) is 10.5 Å². The van der Waals surface area contributed by atoms with Gasteiger partial charge in [0.05, 0.1) is 6.61 Å². The van der Waals surface area contributed by atoms with Crippen molar-refractivity contribution in [3.63, 3.8) is 0 Å². The fraction of sp³-hybridized carbons (Fsp3) is 1.00. The molecule has 0 aromatic carbocycles. The lowest BCUT2D eigenvalue weighted by Gasteiger charge is -2.42. The van der Waals surface area contributed by atoms with Crippen molar-refractivity contribution in [2.45, 2.75) is 18.9 Å². The second kappa shape index (κ2) is 5.63. The van der Waals surface area contributed by atoms with Crippen LogP contribution in [0.5, 0.6) is 0 Å². The lowest BCUT2D eigenvalue weighted by molar-refractivity contribution is 0.0341. The largest absolute Gasteiger partial charge is 0.381 e. The van der Waals surface area contributed by atoms with Crippen LogP contribution in [0.15, 0.2) is 0 Å². The molecule has 0 saturated carbocycles. The minimum Gasteiger partial charge on any atom is -0.381 e. The Morgan fingerprint density at radius 1 is 1.35 bits per heavy atom. The predicted molar refractivity (Wildman–Crippen MR) is 68.6 cm³/mol. The van der Waals surface area contributed by atoms with E-state index < -0.39 is 0 Å². The Morgan fingerprint density at radius 3 is 2.59 bits per heavy atom. The molecule has 0 bridgehead atoms. The van der Waals surface area contributed by atoms with Gasteiger partial charge in [-0.05, 0) is 20.4 Å². The van der Waals surface area contributed by atoms with Gasteiger partial charge in [-0.15, -0.1) is 0 Å². The summed E-state index contributed by atoms with van der Waals surface area (Å²) in [5.41, 5.74) is 9.60. The van der Waals surface area contributed by atoms with Crippen molar-refractivity contribution < 1.29 is 4.74 Å². The first-order valence-electron chi connectivity index (χ1n) is 6.63. The Hall–Kier alpha value is -0.200. The number of hydrogen-bond acceptors (Lipinski definition) is 5. The van der Waals surface area contributed by atoms with Gasteiger partial charge in [0.1, 0.15) is 0 Å². The maximum Gasteiger partial charge on any atom is 0.0513 e.